The molecule has 0 bridgehead atoms. The largest absolute Gasteiger partial charge is 0.493 e. The van der Waals surface area contributed by atoms with E-state index < -0.39 is 4.92 Å². The second-order valence-corrected chi connectivity index (χ2v) is 9.91. The summed E-state index contributed by atoms with van der Waals surface area (Å²) in [5.41, 5.74) is 4.32. The summed E-state index contributed by atoms with van der Waals surface area (Å²) < 4.78 is 17.1. The van der Waals surface area contributed by atoms with Gasteiger partial charge < -0.3 is 29.7 Å². The lowest BCUT2D eigenvalue weighted by Crippen LogP contribution is -2.34. The number of methoxy groups -OCH3 is 2. The van der Waals surface area contributed by atoms with E-state index in [1.165, 1.54) is 13.2 Å². The van der Waals surface area contributed by atoms with Gasteiger partial charge in [-0.25, -0.2) is 0 Å². The molecule has 0 saturated carbocycles. The summed E-state index contributed by atoms with van der Waals surface area (Å²) >= 11 is 0. The normalized spacial score (nSPS) is 19.3. The summed E-state index contributed by atoms with van der Waals surface area (Å²) in [4.78, 5) is 26.3. The van der Waals surface area contributed by atoms with Gasteiger partial charge in [-0.15, -0.1) is 0 Å². The van der Waals surface area contributed by atoms with Crippen molar-refractivity contribution >= 4 is 28.5 Å². The number of nitro groups is 1. The summed E-state index contributed by atoms with van der Waals surface area (Å²) in [6.45, 7) is 2.70. The van der Waals surface area contributed by atoms with E-state index in [9.17, 15) is 14.9 Å². The first-order valence-corrected chi connectivity index (χ1v) is 12.7. The number of hydrogen-bond donors (Lipinski definition) is 2. The minimum absolute atomic E-state index is 0.0881. The molecule has 0 radical (unpaired) electrons. The molecule has 1 saturated heterocycles. The zero-order valence-corrected chi connectivity index (χ0v) is 21.8. The average molecular weight is 521 g/mol. The first-order chi connectivity index (χ1) is 18.4. The predicted octanol–water partition coefficient (Wildman–Crippen LogP) is 4.83. The third-order valence-electron chi connectivity index (χ3n) is 7.33. The van der Waals surface area contributed by atoms with Crippen molar-refractivity contribution in [2.24, 2.45) is 5.92 Å². The molecule has 38 heavy (non-hydrogen) atoms. The fourth-order valence-electron chi connectivity index (χ4n) is 5.33. The van der Waals surface area contributed by atoms with Crippen LogP contribution in [0.3, 0.4) is 0 Å². The maximum atomic E-state index is 13.1. The maximum Gasteiger partial charge on any atom is 0.310 e. The number of nitrogens with zero attached hydrogens (tertiary/aromatic N) is 2. The quantitative estimate of drug-likeness (QED) is 0.394. The van der Waals surface area contributed by atoms with Gasteiger partial charge in [0.2, 0.25) is 0 Å². The van der Waals surface area contributed by atoms with E-state index in [1.54, 1.807) is 25.3 Å². The van der Waals surface area contributed by atoms with Crippen LogP contribution in [-0.4, -0.2) is 56.7 Å². The molecule has 10 nitrogen and oxygen atoms in total. The number of anilines is 2. The van der Waals surface area contributed by atoms with E-state index in [4.69, 9.17) is 14.2 Å². The van der Waals surface area contributed by atoms with Gasteiger partial charge in [0, 0.05) is 41.9 Å². The number of carbonyl (C=O) groups is 1. The van der Waals surface area contributed by atoms with E-state index in [0.717, 1.165) is 37.1 Å². The van der Waals surface area contributed by atoms with Crippen LogP contribution in [0.25, 0.3) is 5.57 Å². The van der Waals surface area contributed by atoms with Crippen molar-refractivity contribution in [1.29, 1.82) is 0 Å². The SMILES string of the molecule is COc1cc2c(cc1OCC1CCCN(C)C1)NC1=C(CCC(c3ccc([N+](=O)[O-])c(OC)c3)=C1)C(=O)N2. The fourth-order valence-corrected chi connectivity index (χ4v) is 5.33. The number of nitrogens with one attached hydrogen (secondary N) is 2. The molecule has 2 heterocycles. The number of fused-ring (bicyclic) bond motifs is 1. The van der Waals surface area contributed by atoms with E-state index >= 15 is 0 Å². The standard InChI is InChI=1S/C28H32N4O6/c1-31-10-4-5-17(15-31)16-38-27-14-22-23(13-26(27)37-3)30-28(33)20-8-6-18(11-21(20)29-22)19-7-9-24(32(34)35)25(12-19)36-2/h7,9,11-14,17,29H,4-6,8,10,15-16H2,1-3H3,(H,30,33). The molecule has 0 aromatic heterocycles. The smallest absolute Gasteiger partial charge is 0.310 e. The highest BCUT2D eigenvalue weighted by molar-refractivity contribution is 6.09. The van der Waals surface area contributed by atoms with Crippen molar-refractivity contribution in [3.05, 3.63) is 63.4 Å². The summed E-state index contributed by atoms with van der Waals surface area (Å²) in [5, 5.41) is 17.7. The van der Waals surface area contributed by atoms with Crippen LogP contribution in [0.15, 0.2) is 47.7 Å². The molecular weight excluding hydrogens is 488 g/mol. The van der Waals surface area contributed by atoms with Gasteiger partial charge in [-0.2, -0.15) is 0 Å². The number of likely N-dealkylation sites (tertiary alicyclic amines) is 1. The number of amides is 1. The Bertz CT molecular complexity index is 1330. The van der Waals surface area contributed by atoms with E-state index in [0.29, 0.717) is 59.5 Å². The van der Waals surface area contributed by atoms with Crippen molar-refractivity contribution in [2.45, 2.75) is 25.7 Å². The Kier molecular flexibility index (Phi) is 7.24. The van der Waals surface area contributed by atoms with Gasteiger partial charge in [0.15, 0.2) is 17.2 Å². The van der Waals surface area contributed by atoms with Crippen molar-refractivity contribution in [2.75, 3.05) is 51.6 Å². The number of benzene rings is 2. The molecule has 2 aromatic rings. The van der Waals surface area contributed by atoms with Crippen LogP contribution in [0.4, 0.5) is 17.1 Å². The number of piperidine rings is 1. The van der Waals surface area contributed by atoms with Crippen molar-refractivity contribution < 1.29 is 23.9 Å². The number of rotatable bonds is 7. The Balaban J connectivity index is 1.43. The van der Waals surface area contributed by atoms with Gasteiger partial charge in [0.25, 0.3) is 5.91 Å². The van der Waals surface area contributed by atoms with Crippen molar-refractivity contribution in [3.63, 3.8) is 0 Å². The third kappa shape index (κ3) is 5.17. The van der Waals surface area contributed by atoms with Crippen LogP contribution in [0.1, 0.15) is 31.2 Å². The van der Waals surface area contributed by atoms with Crippen molar-refractivity contribution in [1.82, 2.24) is 4.90 Å². The molecule has 0 spiro atoms. The maximum absolute atomic E-state index is 13.1. The van der Waals surface area contributed by atoms with Crippen LogP contribution in [0.2, 0.25) is 0 Å². The average Bonchev–Trinajstić information content (AvgIpc) is 3.05. The first-order valence-electron chi connectivity index (χ1n) is 12.7. The lowest BCUT2D eigenvalue weighted by Gasteiger charge is -2.29. The van der Waals surface area contributed by atoms with Crippen molar-refractivity contribution in [3.8, 4) is 17.2 Å². The molecular formula is C28H32N4O6. The molecule has 1 aliphatic carbocycles. The Morgan fingerprint density at radius 1 is 1.05 bits per heavy atom. The van der Waals surface area contributed by atoms with E-state index in [1.807, 2.05) is 12.1 Å². The molecule has 2 aromatic carbocycles. The van der Waals surface area contributed by atoms with Crippen LogP contribution in [-0.2, 0) is 4.79 Å². The van der Waals surface area contributed by atoms with E-state index in [2.05, 4.69) is 22.6 Å². The molecule has 200 valence electrons. The molecule has 1 atom stereocenters. The minimum atomic E-state index is -0.465. The van der Waals surface area contributed by atoms with Gasteiger partial charge in [-0.1, -0.05) is 0 Å². The van der Waals surface area contributed by atoms with Crippen LogP contribution in [0, 0.1) is 16.0 Å². The van der Waals surface area contributed by atoms with E-state index in [-0.39, 0.29) is 17.3 Å². The topological polar surface area (TPSA) is 115 Å². The fraction of sp³-hybridized carbons (Fsp3) is 0.393. The van der Waals surface area contributed by atoms with Gasteiger partial charge in [-0.3, -0.25) is 14.9 Å². The molecule has 2 N–H and O–H groups in total. The molecule has 1 fully saturated rings. The molecule has 10 heteroatoms. The molecule has 1 unspecified atom stereocenters. The number of hydrogen-bond acceptors (Lipinski definition) is 8. The molecule has 2 aliphatic heterocycles. The van der Waals surface area contributed by atoms with Gasteiger partial charge in [-0.05, 0) is 68.6 Å². The van der Waals surface area contributed by atoms with Crippen LogP contribution < -0.4 is 24.8 Å². The van der Waals surface area contributed by atoms with Gasteiger partial charge in [0.1, 0.15) is 0 Å². The van der Waals surface area contributed by atoms with Gasteiger partial charge >= 0.3 is 5.69 Å². The lowest BCUT2D eigenvalue weighted by atomic mass is 9.90. The molecule has 3 aliphatic rings. The Hall–Kier alpha value is -4.05. The highest BCUT2D eigenvalue weighted by Crippen LogP contribution is 2.42. The minimum Gasteiger partial charge on any atom is -0.493 e. The van der Waals surface area contributed by atoms with Gasteiger partial charge in [0.05, 0.1) is 37.1 Å². The number of ether oxygens (including phenoxy) is 3. The highest BCUT2D eigenvalue weighted by atomic mass is 16.6. The Morgan fingerprint density at radius 3 is 2.55 bits per heavy atom. The number of nitro benzene ring substituents is 1. The predicted molar refractivity (Wildman–Crippen MR) is 145 cm³/mol. The highest BCUT2D eigenvalue weighted by Gasteiger charge is 2.27. The number of allylic oxidation sites excluding steroid dienone is 2. The number of carbonyl (C=O) groups excluding carboxylic acids is 1. The molecule has 5 rings (SSSR count). The Morgan fingerprint density at radius 2 is 1.82 bits per heavy atom. The second-order valence-electron chi connectivity index (χ2n) is 9.91. The summed E-state index contributed by atoms with van der Waals surface area (Å²) in [5.74, 6) is 1.64. The lowest BCUT2D eigenvalue weighted by molar-refractivity contribution is -0.385. The second kappa shape index (κ2) is 10.7. The van der Waals surface area contributed by atoms with Crippen LogP contribution >= 0.6 is 0 Å². The third-order valence-corrected chi connectivity index (χ3v) is 7.33. The molecule has 1 amide bonds. The summed E-state index contributed by atoms with van der Waals surface area (Å²) in [6, 6.07) is 8.48. The summed E-state index contributed by atoms with van der Waals surface area (Å²) in [7, 11) is 5.13. The first kappa shape index (κ1) is 25.6. The Labute approximate surface area is 221 Å². The monoisotopic (exact) mass is 520 g/mol. The zero-order valence-electron chi connectivity index (χ0n) is 21.8. The van der Waals surface area contributed by atoms with Crippen LogP contribution in [0.5, 0.6) is 17.2 Å². The zero-order chi connectivity index (χ0) is 26.8. The summed E-state index contributed by atoms with van der Waals surface area (Å²) in [6.07, 6.45) is 5.34.